The zero-order chi connectivity index (χ0) is 19.1. The van der Waals surface area contributed by atoms with Gasteiger partial charge in [-0.05, 0) is 18.6 Å². The molecule has 0 saturated carbocycles. The van der Waals surface area contributed by atoms with E-state index in [9.17, 15) is 0 Å². The van der Waals surface area contributed by atoms with Crippen LogP contribution in [-0.2, 0) is 4.74 Å². The van der Waals surface area contributed by atoms with Crippen LogP contribution in [0.4, 0.5) is 5.69 Å². The molecule has 1 unspecified atom stereocenters. The molecule has 3 aliphatic rings. The number of benzene rings is 1. The number of nitrogens with one attached hydrogen (secondary N) is 1. The van der Waals surface area contributed by atoms with Gasteiger partial charge in [-0.15, -0.1) is 0 Å². The molecule has 28 heavy (non-hydrogen) atoms. The maximum Gasteiger partial charge on any atom is 0.215 e. The number of halogens is 1. The average molecular weight is 395 g/mol. The van der Waals surface area contributed by atoms with E-state index in [1.807, 2.05) is 37.3 Å². The van der Waals surface area contributed by atoms with E-state index in [4.69, 9.17) is 26.1 Å². The van der Waals surface area contributed by atoms with Crippen molar-refractivity contribution in [2.24, 2.45) is 9.98 Å². The summed E-state index contributed by atoms with van der Waals surface area (Å²) in [6, 6.07) is 9.61. The normalized spacial score (nSPS) is 20.7. The third-order valence-corrected chi connectivity index (χ3v) is 5.35. The van der Waals surface area contributed by atoms with Crippen LogP contribution in [-0.4, -0.2) is 42.4 Å². The predicted octanol–water partition coefficient (Wildman–Crippen LogP) is 3.85. The number of anilines is 1. The Hall–Kier alpha value is -2.70. The largest absolute Gasteiger partial charge is 0.472 e. The Bertz CT molecular complexity index is 1040. The molecule has 0 aliphatic carbocycles. The second kappa shape index (κ2) is 7.04. The van der Waals surface area contributed by atoms with E-state index in [-0.39, 0.29) is 6.10 Å². The first-order valence-corrected chi connectivity index (χ1v) is 9.67. The Morgan fingerprint density at radius 3 is 2.96 bits per heavy atom. The van der Waals surface area contributed by atoms with Crippen molar-refractivity contribution >= 4 is 28.8 Å². The minimum absolute atomic E-state index is 0.0366. The molecular weight excluding hydrogens is 376 g/mol. The zero-order valence-corrected chi connectivity index (χ0v) is 16.2. The lowest BCUT2D eigenvalue weighted by atomic mass is 10.0. The van der Waals surface area contributed by atoms with E-state index in [0.29, 0.717) is 24.1 Å². The van der Waals surface area contributed by atoms with E-state index in [1.54, 1.807) is 6.20 Å². The summed E-state index contributed by atoms with van der Waals surface area (Å²) in [5.41, 5.74) is 5.33. The molecular formula is C21H19ClN4O2. The predicted molar refractivity (Wildman–Crippen MR) is 110 cm³/mol. The van der Waals surface area contributed by atoms with Crippen molar-refractivity contribution in [3.8, 4) is 5.88 Å². The van der Waals surface area contributed by atoms with Crippen LogP contribution in [0.5, 0.6) is 5.88 Å². The molecule has 6 nitrogen and oxygen atoms in total. The second-order valence-corrected chi connectivity index (χ2v) is 7.44. The maximum absolute atomic E-state index is 6.49. The summed E-state index contributed by atoms with van der Waals surface area (Å²) < 4.78 is 11.4. The molecule has 3 aliphatic heterocycles. The van der Waals surface area contributed by atoms with Gasteiger partial charge in [0.1, 0.15) is 11.8 Å². The molecule has 1 aromatic carbocycles. The Kier molecular flexibility index (Phi) is 4.37. The monoisotopic (exact) mass is 394 g/mol. The van der Waals surface area contributed by atoms with Gasteiger partial charge in [-0.1, -0.05) is 29.8 Å². The van der Waals surface area contributed by atoms with E-state index in [0.717, 1.165) is 52.7 Å². The highest BCUT2D eigenvalue weighted by atomic mass is 35.5. The van der Waals surface area contributed by atoms with Gasteiger partial charge in [-0.3, -0.25) is 4.99 Å². The lowest BCUT2D eigenvalue weighted by Crippen LogP contribution is -2.17. The highest BCUT2D eigenvalue weighted by Crippen LogP contribution is 2.32. The summed E-state index contributed by atoms with van der Waals surface area (Å²) in [7, 11) is 0. The molecule has 0 bridgehead atoms. The minimum Gasteiger partial charge on any atom is -0.472 e. The Morgan fingerprint density at radius 2 is 2.14 bits per heavy atom. The third kappa shape index (κ3) is 3.08. The van der Waals surface area contributed by atoms with Crippen LogP contribution in [0.15, 0.2) is 57.8 Å². The molecule has 1 aromatic heterocycles. The summed E-state index contributed by atoms with van der Waals surface area (Å²) in [5, 5.41) is 4.07. The molecule has 1 saturated heterocycles. The van der Waals surface area contributed by atoms with Crippen LogP contribution in [0.1, 0.15) is 24.5 Å². The van der Waals surface area contributed by atoms with Crippen molar-refractivity contribution in [3.63, 3.8) is 0 Å². The quantitative estimate of drug-likeness (QED) is 0.858. The Morgan fingerprint density at radius 1 is 1.25 bits per heavy atom. The summed E-state index contributed by atoms with van der Waals surface area (Å²) in [4.78, 5) is 14.1. The maximum atomic E-state index is 6.49. The number of ether oxygens (including phenoxy) is 2. The molecule has 1 N–H and O–H groups in total. The topological polar surface area (TPSA) is 68.1 Å². The van der Waals surface area contributed by atoms with Crippen LogP contribution >= 0.6 is 11.6 Å². The number of fused-ring (bicyclic) bond motifs is 2. The molecule has 4 heterocycles. The highest BCUT2D eigenvalue weighted by Gasteiger charge is 2.27. The Balaban J connectivity index is 1.62. The van der Waals surface area contributed by atoms with Gasteiger partial charge in [0, 0.05) is 34.8 Å². The van der Waals surface area contributed by atoms with Crippen LogP contribution in [0.2, 0.25) is 5.02 Å². The molecule has 2 aromatic rings. The van der Waals surface area contributed by atoms with Crippen LogP contribution in [0.25, 0.3) is 0 Å². The molecule has 1 atom stereocenters. The van der Waals surface area contributed by atoms with Gasteiger partial charge in [0.15, 0.2) is 5.84 Å². The van der Waals surface area contributed by atoms with Gasteiger partial charge in [0.25, 0.3) is 0 Å². The standard InChI is InChI=1S/C21H19ClN4O2/c1-12-9-24-21-19(12)26-20(14-4-2-3-5-16(14)22)15-10-23-18(8-17(15)25-21)28-13-6-7-27-11-13/h2-5,8,10,13H,6-7,9,11H2,1H3,(H,24,25). The first-order valence-electron chi connectivity index (χ1n) is 9.29. The highest BCUT2D eigenvalue weighted by molar-refractivity contribution is 6.36. The van der Waals surface area contributed by atoms with Crippen molar-refractivity contribution < 1.29 is 9.47 Å². The number of pyridine rings is 1. The third-order valence-electron chi connectivity index (χ3n) is 5.02. The fourth-order valence-electron chi connectivity index (χ4n) is 3.52. The van der Waals surface area contributed by atoms with Gasteiger partial charge >= 0.3 is 0 Å². The van der Waals surface area contributed by atoms with E-state index < -0.39 is 0 Å². The molecule has 5 rings (SSSR count). The second-order valence-electron chi connectivity index (χ2n) is 7.03. The summed E-state index contributed by atoms with van der Waals surface area (Å²) >= 11 is 6.49. The molecule has 7 heteroatoms. The van der Waals surface area contributed by atoms with E-state index >= 15 is 0 Å². The SMILES string of the molecule is CC1=C2N=C(c3ccccc3Cl)c3cnc(OC4CCOC4)cc3NC2=NC1. The van der Waals surface area contributed by atoms with Gasteiger partial charge < -0.3 is 14.8 Å². The van der Waals surface area contributed by atoms with Crippen LogP contribution in [0.3, 0.4) is 0 Å². The van der Waals surface area contributed by atoms with Gasteiger partial charge in [0.05, 0.1) is 31.2 Å². The summed E-state index contributed by atoms with van der Waals surface area (Å²) in [6.45, 7) is 4.00. The molecule has 0 radical (unpaired) electrons. The fraction of sp³-hybridized carbons (Fsp3) is 0.286. The van der Waals surface area contributed by atoms with Gasteiger partial charge in [-0.25, -0.2) is 9.98 Å². The molecule has 0 amide bonds. The number of hydrogen-bond donors (Lipinski definition) is 1. The van der Waals surface area contributed by atoms with E-state index in [1.165, 1.54) is 0 Å². The minimum atomic E-state index is 0.0366. The number of amidine groups is 1. The van der Waals surface area contributed by atoms with Crippen molar-refractivity contribution in [3.05, 3.63) is 63.9 Å². The molecule has 0 spiro atoms. The first-order chi connectivity index (χ1) is 13.7. The summed E-state index contributed by atoms with van der Waals surface area (Å²) in [5.74, 6) is 1.32. The van der Waals surface area contributed by atoms with Crippen molar-refractivity contribution in [1.29, 1.82) is 0 Å². The Labute approximate surface area is 168 Å². The fourth-order valence-corrected chi connectivity index (χ4v) is 3.75. The lowest BCUT2D eigenvalue weighted by Gasteiger charge is -2.15. The number of aromatic nitrogens is 1. The smallest absolute Gasteiger partial charge is 0.215 e. The average Bonchev–Trinajstić information content (AvgIpc) is 3.28. The van der Waals surface area contributed by atoms with Crippen LogP contribution in [0, 0.1) is 0 Å². The molecule has 1 fully saturated rings. The van der Waals surface area contributed by atoms with E-state index in [2.05, 4.69) is 15.3 Å². The summed E-state index contributed by atoms with van der Waals surface area (Å²) in [6.07, 6.45) is 2.69. The zero-order valence-electron chi connectivity index (χ0n) is 15.4. The van der Waals surface area contributed by atoms with Crippen LogP contribution < -0.4 is 10.1 Å². The number of aliphatic imine (C=N–C) groups is 2. The van der Waals surface area contributed by atoms with Crippen molar-refractivity contribution in [2.45, 2.75) is 19.4 Å². The van der Waals surface area contributed by atoms with Gasteiger partial charge in [-0.2, -0.15) is 0 Å². The number of hydrogen-bond acceptors (Lipinski definition) is 6. The lowest BCUT2D eigenvalue weighted by molar-refractivity contribution is 0.138. The molecule has 142 valence electrons. The van der Waals surface area contributed by atoms with Gasteiger partial charge in [0.2, 0.25) is 5.88 Å². The number of nitrogens with zero attached hydrogens (tertiary/aromatic N) is 3. The number of rotatable bonds is 3. The van der Waals surface area contributed by atoms with Crippen molar-refractivity contribution in [1.82, 2.24) is 4.98 Å². The first kappa shape index (κ1) is 17.4. The van der Waals surface area contributed by atoms with Crippen molar-refractivity contribution in [2.75, 3.05) is 25.1 Å².